The highest BCUT2D eigenvalue weighted by atomic mass is 35.5. The van der Waals surface area contributed by atoms with Gasteiger partial charge in [-0.25, -0.2) is 0 Å². The molecule has 0 spiro atoms. The molecule has 2 aromatic rings. The van der Waals surface area contributed by atoms with Crippen LogP contribution in [0.1, 0.15) is 5.56 Å². The van der Waals surface area contributed by atoms with Gasteiger partial charge in [-0.15, -0.1) is 12.4 Å². The van der Waals surface area contributed by atoms with Gasteiger partial charge in [0.05, 0.1) is 0 Å². The topological polar surface area (TPSA) is 70.1 Å². The van der Waals surface area contributed by atoms with Crippen molar-refractivity contribution in [3.8, 4) is 16.9 Å². The molecule has 3 nitrogen and oxygen atoms in total. The Morgan fingerprint density at radius 3 is 1.71 bits per heavy atom. The first-order valence-corrected chi connectivity index (χ1v) is 4.91. The zero-order valence-electron chi connectivity index (χ0n) is 9.05. The van der Waals surface area contributed by atoms with Crippen molar-refractivity contribution in [2.45, 2.75) is 0 Å². The Bertz CT molecular complexity index is 506. The van der Waals surface area contributed by atoms with E-state index >= 15 is 0 Å². The van der Waals surface area contributed by atoms with E-state index in [-0.39, 0.29) is 24.0 Å². The number of benzene rings is 2. The van der Waals surface area contributed by atoms with Crippen molar-refractivity contribution >= 4 is 18.2 Å². The molecule has 0 unspecified atom stereocenters. The zero-order valence-corrected chi connectivity index (χ0v) is 9.87. The molecule has 0 heterocycles. The van der Waals surface area contributed by atoms with Crippen molar-refractivity contribution in [1.82, 2.24) is 0 Å². The molecule has 0 aliphatic carbocycles. The van der Waals surface area contributed by atoms with E-state index in [0.29, 0.717) is 5.56 Å². The summed E-state index contributed by atoms with van der Waals surface area (Å²) in [5.74, 6) is 0.321. The molecular weight excluding hydrogens is 236 g/mol. The summed E-state index contributed by atoms with van der Waals surface area (Å²) in [5.41, 5.74) is 8.14. The molecule has 2 aromatic carbocycles. The van der Waals surface area contributed by atoms with Gasteiger partial charge in [0.2, 0.25) is 0 Å². The lowest BCUT2D eigenvalue weighted by Gasteiger charge is -2.03. The van der Waals surface area contributed by atoms with Crippen molar-refractivity contribution in [3.63, 3.8) is 0 Å². The molecule has 88 valence electrons. The van der Waals surface area contributed by atoms with Gasteiger partial charge in [-0.1, -0.05) is 36.4 Å². The predicted octanol–water partition coefficient (Wildman–Crippen LogP) is 2.77. The molecule has 0 aromatic heterocycles. The van der Waals surface area contributed by atoms with Crippen LogP contribution < -0.4 is 5.73 Å². The molecule has 0 atom stereocenters. The fourth-order valence-electron chi connectivity index (χ4n) is 1.50. The molecule has 0 saturated carbocycles. The van der Waals surface area contributed by atoms with E-state index in [1.54, 1.807) is 12.1 Å². The molecule has 0 saturated heterocycles. The molecule has 0 bridgehead atoms. The van der Waals surface area contributed by atoms with E-state index in [2.05, 4.69) is 0 Å². The number of hydrogen-bond acceptors (Lipinski definition) is 2. The number of hydrogen-bond donors (Lipinski definition) is 3. The van der Waals surface area contributed by atoms with Crippen molar-refractivity contribution in [1.29, 1.82) is 5.41 Å². The van der Waals surface area contributed by atoms with Crippen LogP contribution in [0.25, 0.3) is 11.1 Å². The fraction of sp³-hybridized carbons (Fsp3) is 0. The van der Waals surface area contributed by atoms with E-state index in [1.165, 1.54) is 0 Å². The first-order chi connectivity index (χ1) is 7.66. The van der Waals surface area contributed by atoms with Gasteiger partial charge >= 0.3 is 0 Å². The second-order valence-corrected chi connectivity index (χ2v) is 3.54. The largest absolute Gasteiger partial charge is 0.508 e. The van der Waals surface area contributed by atoms with Gasteiger partial charge in [0.1, 0.15) is 11.6 Å². The summed E-state index contributed by atoms with van der Waals surface area (Å²) in [6.45, 7) is 0. The number of nitrogen functional groups attached to an aromatic ring is 1. The lowest BCUT2D eigenvalue weighted by Crippen LogP contribution is -2.10. The standard InChI is InChI=1S/C13H12N2O.ClH/c14-13(15)11-3-1-9(2-4-11)10-5-7-12(16)8-6-10;/h1-8,16H,(H3,14,15);1H. The smallest absolute Gasteiger partial charge is 0.122 e. The molecule has 0 radical (unpaired) electrons. The van der Waals surface area contributed by atoms with Gasteiger partial charge in [-0.2, -0.15) is 0 Å². The number of nitrogens with one attached hydrogen (secondary N) is 1. The average molecular weight is 249 g/mol. The molecule has 4 N–H and O–H groups in total. The molecule has 0 aliphatic rings. The second-order valence-electron chi connectivity index (χ2n) is 3.54. The molecule has 17 heavy (non-hydrogen) atoms. The van der Waals surface area contributed by atoms with Crippen LogP contribution in [0.15, 0.2) is 48.5 Å². The molecule has 0 amide bonds. The zero-order chi connectivity index (χ0) is 11.5. The molecule has 0 aliphatic heterocycles. The molecule has 4 heteroatoms. The molecule has 0 fully saturated rings. The third-order valence-electron chi connectivity index (χ3n) is 2.40. The summed E-state index contributed by atoms with van der Waals surface area (Å²) >= 11 is 0. The fourth-order valence-corrected chi connectivity index (χ4v) is 1.50. The maximum Gasteiger partial charge on any atom is 0.122 e. The van der Waals surface area contributed by atoms with Crippen LogP contribution in [-0.2, 0) is 0 Å². The van der Waals surface area contributed by atoms with Gasteiger partial charge in [-0.05, 0) is 23.3 Å². The van der Waals surface area contributed by atoms with E-state index in [4.69, 9.17) is 11.1 Å². The second kappa shape index (κ2) is 5.37. The Morgan fingerprint density at radius 1 is 0.882 bits per heavy atom. The van der Waals surface area contributed by atoms with Crippen LogP contribution in [0.5, 0.6) is 5.75 Å². The van der Waals surface area contributed by atoms with E-state index < -0.39 is 0 Å². The first kappa shape index (κ1) is 13.1. The molecular formula is C13H13ClN2O. The van der Waals surface area contributed by atoms with E-state index in [1.807, 2.05) is 36.4 Å². The van der Waals surface area contributed by atoms with Gasteiger partial charge < -0.3 is 10.8 Å². The number of nitrogens with two attached hydrogens (primary N) is 1. The lowest BCUT2D eigenvalue weighted by atomic mass is 10.0. The maximum atomic E-state index is 9.18. The van der Waals surface area contributed by atoms with Gasteiger partial charge in [0.25, 0.3) is 0 Å². The highest BCUT2D eigenvalue weighted by molar-refractivity contribution is 5.95. The lowest BCUT2D eigenvalue weighted by molar-refractivity contribution is 0.475. The average Bonchev–Trinajstić information content (AvgIpc) is 2.30. The number of halogens is 1. The predicted molar refractivity (Wildman–Crippen MR) is 71.8 cm³/mol. The first-order valence-electron chi connectivity index (χ1n) is 4.91. The van der Waals surface area contributed by atoms with Crippen LogP contribution in [0.2, 0.25) is 0 Å². The van der Waals surface area contributed by atoms with Crippen molar-refractivity contribution in [2.75, 3.05) is 0 Å². The molecule has 2 rings (SSSR count). The maximum absolute atomic E-state index is 9.18. The number of aromatic hydroxyl groups is 1. The summed E-state index contributed by atoms with van der Waals surface area (Å²) in [7, 11) is 0. The van der Waals surface area contributed by atoms with Crippen molar-refractivity contribution < 1.29 is 5.11 Å². The van der Waals surface area contributed by atoms with Crippen LogP contribution >= 0.6 is 12.4 Å². The van der Waals surface area contributed by atoms with Crippen LogP contribution in [0, 0.1) is 5.41 Å². The summed E-state index contributed by atoms with van der Waals surface area (Å²) < 4.78 is 0. The number of phenolic OH excluding ortho intramolecular Hbond substituents is 1. The van der Waals surface area contributed by atoms with Crippen molar-refractivity contribution in [2.24, 2.45) is 5.73 Å². The summed E-state index contributed by atoms with van der Waals surface area (Å²) in [6, 6.07) is 14.4. The normalized spacial score (nSPS) is 9.41. The Hall–Kier alpha value is -2.00. The van der Waals surface area contributed by atoms with Crippen LogP contribution in [-0.4, -0.2) is 10.9 Å². The Morgan fingerprint density at radius 2 is 1.29 bits per heavy atom. The number of phenols is 1. The number of amidine groups is 1. The quantitative estimate of drug-likeness (QED) is 0.565. The van der Waals surface area contributed by atoms with Gasteiger partial charge in [0, 0.05) is 5.56 Å². The minimum absolute atomic E-state index is 0. The highest BCUT2D eigenvalue weighted by Gasteiger charge is 1.99. The van der Waals surface area contributed by atoms with Crippen LogP contribution in [0.3, 0.4) is 0 Å². The third-order valence-corrected chi connectivity index (χ3v) is 2.40. The Balaban J connectivity index is 0.00000144. The Labute approximate surface area is 106 Å². The monoisotopic (exact) mass is 248 g/mol. The van der Waals surface area contributed by atoms with Gasteiger partial charge in [0.15, 0.2) is 0 Å². The minimum Gasteiger partial charge on any atom is -0.508 e. The van der Waals surface area contributed by atoms with Gasteiger partial charge in [-0.3, -0.25) is 5.41 Å². The summed E-state index contributed by atoms with van der Waals surface area (Å²) in [5, 5.41) is 16.5. The third kappa shape index (κ3) is 2.98. The van der Waals surface area contributed by atoms with E-state index in [0.717, 1.165) is 11.1 Å². The number of rotatable bonds is 2. The Kier molecular flexibility index (Phi) is 4.12. The summed E-state index contributed by atoms with van der Waals surface area (Å²) in [4.78, 5) is 0. The van der Waals surface area contributed by atoms with Crippen LogP contribution in [0.4, 0.5) is 0 Å². The SMILES string of the molecule is Cl.N=C(N)c1ccc(-c2ccc(O)cc2)cc1. The van der Waals surface area contributed by atoms with E-state index in [9.17, 15) is 5.11 Å². The summed E-state index contributed by atoms with van der Waals surface area (Å²) in [6.07, 6.45) is 0. The highest BCUT2D eigenvalue weighted by Crippen LogP contribution is 2.21. The minimum atomic E-state index is 0. The van der Waals surface area contributed by atoms with Crippen molar-refractivity contribution in [3.05, 3.63) is 54.1 Å².